The van der Waals surface area contributed by atoms with Gasteiger partial charge in [0.05, 0.1) is 5.60 Å². The molecule has 86 valence electrons. The molecule has 15 heavy (non-hydrogen) atoms. The molecule has 2 atom stereocenters. The second-order valence-electron chi connectivity index (χ2n) is 4.56. The lowest BCUT2D eigenvalue weighted by Gasteiger charge is -2.30. The van der Waals surface area contributed by atoms with E-state index in [4.69, 9.17) is 0 Å². The molecule has 2 aliphatic carbocycles. The van der Waals surface area contributed by atoms with E-state index in [0.717, 1.165) is 6.08 Å². The Morgan fingerprint density at radius 2 is 1.73 bits per heavy atom. The fourth-order valence-electron chi connectivity index (χ4n) is 1.91. The van der Waals surface area contributed by atoms with E-state index in [0.29, 0.717) is 6.08 Å². The van der Waals surface area contributed by atoms with Crippen molar-refractivity contribution in [2.75, 3.05) is 0 Å². The Kier molecular flexibility index (Phi) is 2.16. The minimum absolute atomic E-state index is 0.118. The zero-order valence-electron chi connectivity index (χ0n) is 8.02. The van der Waals surface area contributed by atoms with Crippen molar-refractivity contribution in [2.24, 2.45) is 5.92 Å². The quantitative estimate of drug-likeness (QED) is 0.564. The third kappa shape index (κ3) is 2.33. The van der Waals surface area contributed by atoms with Crippen molar-refractivity contribution in [1.82, 2.24) is 0 Å². The molecule has 2 unspecified atom stereocenters. The predicted octanol–water partition coefficient (Wildman–Crippen LogP) is 2.75. The van der Waals surface area contributed by atoms with Crippen molar-refractivity contribution in [2.45, 2.75) is 43.1 Å². The summed E-state index contributed by atoms with van der Waals surface area (Å²) in [4.78, 5) is 0. The van der Waals surface area contributed by atoms with Crippen LogP contribution in [0.4, 0.5) is 17.6 Å². The van der Waals surface area contributed by atoms with Crippen LogP contribution in [0.2, 0.25) is 0 Å². The van der Waals surface area contributed by atoms with E-state index in [2.05, 4.69) is 0 Å². The number of halogens is 4. The Labute approximate surface area is 84.8 Å². The molecule has 0 aromatic carbocycles. The Morgan fingerprint density at radius 3 is 2.13 bits per heavy atom. The van der Waals surface area contributed by atoms with Gasteiger partial charge in [0, 0.05) is 18.8 Å². The number of alkyl halides is 4. The van der Waals surface area contributed by atoms with Crippen LogP contribution in [0.5, 0.6) is 0 Å². The smallest absolute Gasteiger partial charge is 0.266 e. The Balaban J connectivity index is 1.98. The molecule has 0 heterocycles. The highest BCUT2D eigenvalue weighted by molar-refractivity contribution is 5.14. The second-order valence-corrected chi connectivity index (χ2v) is 4.56. The van der Waals surface area contributed by atoms with Gasteiger partial charge in [0.15, 0.2) is 0 Å². The molecule has 5 heteroatoms. The molecule has 1 N–H and O–H groups in total. The monoisotopic (exact) mass is 224 g/mol. The van der Waals surface area contributed by atoms with Gasteiger partial charge in [-0.1, -0.05) is 6.08 Å². The van der Waals surface area contributed by atoms with Crippen molar-refractivity contribution in [1.29, 1.82) is 0 Å². The first-order valence-corrected chi connectivity index (χ1v) is 4.91. The summed E-state index contributed by atoms with van der Waals surface area (Å²) in [5.74, 6) is -6.46. The predicted molar refractivity (Wildman–Crippen MR) is 45.9 cm³/mol. The average Bonchev–Trinajstić information content (AvgIpc) is 2.66. The highest BCUT2D eigenvalue weighted by Gasteiger charge is 2.59. The summed E-state index contributed by atoms with van der Waals surface area (Å²) in [6, 6.07) is 0. The van der Waals surface area contributed by atoms with Crippen LogP contribution in [0.3, 0.4) is 0 Å². The van der Waals surface area contributed by atoms with E-state index in [9.17, 15) is 22.7 Å². The van der Waals surface area contributed by atoms with E-state index in [1.165, 1.54) is 0 Å². The number of hydrogen-bond donors (Lipinski definition) is 1. The summed E-state index contributed by atoms with van der Waals surface area (Å²) in [5, 5.41) is 9.79. The maximum Gasteiger partial charge on any atom is 0.266 e. The minimum Gasteiger partial charge on any atom is -0.386 e. The normalized spacial score (nSPS) is 41.5. The molecule has 1 nitrogen and oxygen atoms in total. The molecule has 2 rings (SSSR count). The molecular weight excluding hydrogens is 212 g/mol. The van der Waals surface area contributed by atoms with Gasteiger partial charge in [-0.2, -0.15) is 0 Å². The molecule has 0 aromatic rings. The summed E-state index contributed by atoms with van der Waals surface area (Å²) >= 11 is 0. The number of hydrogen-bond acceptors (Lipinski definition) is 1. The highest BCUT2D eigenvalue weighted by atomic mass is 19.3. The third-order valence-electron chi connectivity index (χ3n) is 3.08. The Morgan fingerprint density at radius 1 is 1.13 bits per heavy atom. The molecule has 0 radical (unpaired) electrons. The molecule has 1 fully saturated rings. The summed E-state index contributed by atoms with van der Waals surface area (Å²) in [6.45, 7) is 0. The lowest BCUT2D eigenvalue weighted by atomic mass is 9.85. The number of allylic oxidation sites excluding steroid dienone is 1. The highest BCUT2D eigenvalue weighted by Crippen LogP contribution is 2.53. The average molecular weight is 224 g/mol. The maximum atomic E-state index is 12.7. The third-order valence-corrected chi connectivity index (χ3v) is 3.08. The Hall–Kier alpha value is -0.580. The van der Waals surface area contributed by atoms with E-state index in [-0.39, 0.29) is 19.3 Å². The molecule has 0 saturated heterocycles. The first kappa shape index (κ1) is 10.9. The summed E-state index contributed by atoms with van der Waals surface area (Å²) in [6.07, 6.45) is 0.620. The van der Waals surface area contributed by atoms with Crippen LogP contribution in [0.15, 0.2) is 12.2 Å². The van der Waals surface area contributed by atoms with Gasteiger partial charge in [-0.15, -0.1) is 0 Å². The zero-order valence-corrected chi connectivity index (χ0v) is 8.02. The van der Waals surface area contributed by atoms with Crippen LogP contribution in [-0.2, 0) is 0 Å². The van der Waals surface area contributed by atoms with Gasteiger partial charge in [-0.05, 0) is 18.9 Å². The van der Waals surface area contributed by atoms with Gasteiger partial charge in [0.2, 0.25) is 0 Å². The molecule has 0 bridgehead atoms. The van der Waals surface area contributed by atoms with Crippen LogP contribution in [-0.4, -0.2) is 22.6 Å². The lowest BCUT2D eigenvalue weighted by Crippen LogP contribution is -2.34. The Bertz CT molecular complexity index is 300. The minimum atomic E-state index is -2.90. The van der Waals surface area contributed by atoms with Gasteiger partial charge < -0.3 is 5.11 Å². The van der Waals surface area contributed by atoms with Crippen molar-refractivity contribution in [3.8, 4) is 0 Å². The molecule has 2 aliphatic rings. The largest absolute Gasteiger partial charge is 0.386 e. The molecule has 0 aromatic heterocycles. The second kappa shape index (κ2) is 2.97. The first-order chi connectivity index (χ1) is 6.73. The van der Waals surface area contributed by atoms with E-state index < -0.39 is 29.8 Å². The molecule has 0 amide bonds. The number of rotatable bonds is 2. The zero-order chi connectivity index (χ0) is 11.3. The fourth-order valence-corrected chi connectivity index (χ4v) is 1.91. The molecule has 1 saturated carbocycles. The van der Waals surface area contributed by atoms with Gasteiger partial charge in [-0.25, -0.2) is 17.6 Å². The van der Waals surface area contributed by atoms with Crippen LogP contribution >= 0.6 is 0 Å². The maximum absolute atomic E-state index is 12.7. The lowest BCUT2D eigenvalue weighted by molar-refractivity contribution is -0.0229. The summed E-state index contributed by atoms with van der Waals surface area (Å²) in [5.41, 5.74) is -1.47. The van der Waals surface area contributed by atoms with Gasteiger partial charge in [-0.3, -0.25) is 0 Å². The van der Waals surface area contributed by atoms with E-state index in [1.54, 1.807) is 0 Å². The standard InChI is InChI=1S/C10H12F4O/c11-9(12)3-1-8(15,2-4-9)5-7-6-10(7,13)14/h1,3,7,15H,2,4-6H2. The van der Waals surface area contributed by atoms with E-state index >= 15 is 0 Å². The van der Waals surface area contributed by atoms with Crippen molar-refractivity contribution in [3.05, 3.63) is 12.2 Å². The molecule has 0 aliphatic heterocycles. The molecule has 0 spiro atoms. The van der Waals surface area contributed by atoms with Gasteiger partial charge >= 0.3 is 0 Å². The summed E-state index contributed by atoms with van der Waals surface area (Å²) < 4.78 is 50.6. The van der Waals surface area contributed by atoms with Gasteiger partial charge in [0.25, 0.3) is 11.8 Å². The fraction of sp³-hybridized carbons (Fsp3) is 0.800. The van der Waals surface area contributed by atoms with E-state index in [1.807, 2.05) is 0 Å². The topological polar surface area (TPSA) is 20.2 Å². The van der Waals surface area contributed by atoms with Crippen molar-refractivity contribution in [3.63, 3.8) is 0 Å². The van der Waals surface area contributed by atoms with Crippen LogP contribution in [0, 0.1) is 5.92 Å². The summed E-state index contributed by atoms with van der Waals surface area (Å²) in [7, 11) is 0. The number of aliphatic hydroxyl groups is 1. The first-order valence-electron chi connectivity index (χ1n) is 4.91. The van der Waals surface area contributed by atoms with Crippen molar-refractivity contribution >= 4 is 0 Å². The SMILES string of the molecule is OC1(CC2CC2(F)F)C=CC(F)(F)CC1. The van der Waals surface area contributed by atoms with Crippen LogP contribution < -0.4 is 0 Å². The van der Waals surface area contributed by atoms with Crippen molar-refractivity contribution < 1.29 is 22.7 Å². The molecular formula is C10H12F4O. The van der Waals surface area contributed by atoms with Crippen LogP contribution in [0.1, 0.15) is 25.7 Å². The van der Waals surface area contributed by atoms with Gasteiger partial charge in [0.1, 0.15) is 0 Å². The van der Waals surface area contributed by atoms with Crippen LogP contribution in [0.25, 0.3) is 0 Å².